The van der Waals surface area contributed by atoms with Gasteiger partial charge in [-0.2, -0.15) is 0 Å². The van der Waals surface area contributed by atoms with E-state index in [1.54, 1.807) is 6.07 Å². The Labute approximate surface area is 133 Å². The molecule has 3 rings (SSSR count). The molecule has 0 radical (unpaired) electrons. The van der Waals surface area contributed by atoms with E-state index < -0.39 is 11.6 Å². The standard InChI is InChI=1S/C19H16O4/c1-12-8-9-16-14(10-12)18(13-6-4-3-5-7-13)15(19(21)23-16)11-17(20)22-2/h3-10H,11H2,1-2H3. The second-order valence-corrected chi connectivity index (χ2v) is 5.36. The van der Waals surface area contributed by atoms with Crippen LogP contribution in [-0.2, 0) is 16.0 Å². The van der Waals surface area contributed by atoms with Crippen molar-refractivity contribution in [2.24, 2.45) is 0 Å². The number of benzene rings is 2. The molecule has 0 spiro atoms. The van der Waals surface area contributed by atoms with E-state index in [9.17, 15) is 9.59 Å². The number of fused-ring (bicyclic) bond motifs is 1. The highest BCUT2D eigenvalue weighted by Crippen LogP contribution is 2.31. The zero-order chi connectivity index (χ0) is 16.4. The Morgan fingerprint density at radius 3 is 2.57 bits per heavy atom. The smallest absolute Gasteiger partial charge is 0.340 e. The van der Waals surface area contributed by atoms with Crippen molar-refractivity contribution < 1.29 is 13.9 Å². The summed E-state index contributed by atoms with van der Waals surface area (Å²) in [5.74, 6) is -0.471. The summed E-state index contributed by atoms with van der Waals surface area (Å²) < 4.78 is 10.1. The van der Waals surface area contributed by atoms with Crippen molar-refractivity contribution in [3.05, 3.63) is 70.1 Å². The molecule has 23 heavy (non-hydrogen) atoms. The summed E-state index contributed by atoms with van der Waals surface area (Å²) in [5, 5.41) is 0.815. The summed E-state index contributed by atoms with van der Waals surface area (Å²) >= 11 is 0. The molecule has 1 aromatic heterocycles. The zero-order valence-corrected chi connectivity index (χ0v) is 13.0. The van der Waals surface area contributed by atoms with Crippen molar-refractivity contribution in [2.45, 2.75) is 13.3 Å². The summed E-state index contributed by atoms with van der Waals surface area (Å²) in [7, 11) is 1.30. The minimum atomic E-state index is -0.509. The lowest BCUT2D eigenvalue weighted by atomic mass is 9.95. The number of hydrogen-bond donors (Lipinski definition) is 0. The summed E-state index contributed by atoms with van der Waals surface area (Å²) in [6, 6.07) is 15.2. The van der Waals surface area contributed by atoms with Crippen LogP contribution in [0.3, 0.4) is 0 Å². The summed E-state index contributed by atoms with van der Waals surface area (Å²) in [4.78, 5) is 24.1. The fourth-order valence-electron chi connectivity index (χ4n) is 2.67. The molecule has 3 aromatic rings. The second-order valence-electron chi connectivity index (χ2n) is 5.36. The normalized spacial score (nSPS) is 10.7. The van der Waals surface area contributed by atoms with E-state index in [0.717, 1.165) is 22.1 Å². The van der Waals surface area contributed by atoms with Crippen LogP contribution in [0.2, 0.25) is 0 Å². The Balaban J connectivity index is 2.38. The molecule has 0 amide bonds. The Morgan fingerprint density at radius 1 is 1.13 bits per heavy atom. The third-order valence-corrected chi connectivity index (χ3v) is 3.77. The van der Waals surface area contributed by atoms with Crippen LogP contribution in [0.5, 0.6) is 0 Å². The van der Waals surface area contributed by atoms with Gasteiger partial charge in [-0.1, -0.05) is 42.0 Å². The van der Waals surface area contributed by atoms with Crippen LogP contribution in [-0.4, -0.2) is 13.1 Å². The first-order chi connectivity index (χ1) is 11.1. The highest BCUT2D eigenvalue weighted by atomic mass is 16.5. The fraction of sp³-hybridized carbons (Fsp3) is 0.158. The molecule has 0 aliphatic rings. The van der Waals surface area contributed by atoms with Gasteiger partial charge in [0.25, 0.3) is 0 Å². The molecule has 0 aliphatic heterocycles. The molecular weight excluding hydrogens is 292 g/mol. The van der Waals surface area contributed by atoms with E-state index in [4.69, 9.17) is 9.15 Å². The minimum Gasteiger partial charge on any atom is -0.469 e. The molecule has 0 unspecified atom stereocenters. The van der Waals surface area contributed by atoms with Gasteiger partial charge >= 0.3 is 11.6 Å². The first kappa shape index (κ1) is 15.0. The monoisotopic (exact) mass is 308 g/mol. The molecule has 0 saturated heterocycles. The molecule has 0 aliphatic carbocycles. The quantitative estimate of drug-likeness (QED) is 0.549. The minimum absolute atomic E-state index is 0.118. The highest BCUT2D eigenvalue weighted by molar-refractivity contribution is 5.96. The van der Waals surface area contributed by atoms with Gasteiger partial charge in [0.2, 0.25) is 0 Å². The van der Waals surface area contributed by atoms with E-state index in [2.05, 4.69) is 0 Å². The number of hydrogen-bond acceptors (Lipinski definition) is 4. The van der Waals surface area contributed by atoms with E-state index in [1.165, 1.54) is 7.11 Å². The van der Waals surface area contributed by atoms with Gasteiger partial charge in [0.1, 0.15) is 5.58 Å². The first-order valence-electron chi connectivity index (χ1n) is 7.28. The van der Waals surface area contributed by atoms with Gasteiger partial charge < -0.3 is 9.15 Å². The molecule has 0 atom stereocenters. The van der Waals surface area contributed by atoms with Gasteiger partial charge in [-0.05, 0) is 24.6 Å². The van der Waals surface area contributed by atoms with Crippen LogP contribution in [0.15, 0.2) is 57.7 Å². The average Bonchev–Trinajstić information content (AvgIpc) is 2.56. The molecule has 116 valence electrons. The Hall–Kier alpha value is -2.88. The maximum atomic E-state index is 12.4. The molecule has 0 bridgehead atoms. The van der Waals surface area contributed by atoms with E-state index >= 15 is 0 Å². The lowest BCUT2D eigenvalue weighted by Crippen LogP contribution is -2.16. The molecule has 4 heteroatoms. The van der Waals surface area contributed by atoms with E-state index in [-0.39, 0.29) is 6.42 Å². The highest BCUT2D eigenvalue weighted by Gasteiger charge is 2.19. The SMILES string of the molecule is COC(=O)Cc1c(-c2ccccc2)c2cc(C)ccc2oc1=O. The number of ether oxygens (including phenoxy) is 1. The lowest BCUT2D eigenvalue weighted by molar-refractivity contribution is -0.139. The maximum absolute atomic E-state index is 12.4. The summed E-state index contributed by atoms with van der Waals surface area (Å²) in [6.45, 7) is 1.97. The maximum Gasteiger partial charge on any atom is 0.340 e. The Bertz CT molecular complexity index is 923. The van der Waals surface area contributed by atoms with Gasteiger partial charge in [-0.25, -0.2) is 4.79 Å². The summed E-state index contributed by atoms with van der Waals surface area (Å²) in [6.07, 6.45) is -0.118. The van der Waals surface area contributed by atoms with Crippen molar-refractivity contribution >= 4 is 16.9 Å². The third kappa shape index (κ3) is 2.88. The molecule has 4 nitrogen and oxygen atoms in total. The van der Waals surface area contributed by atoms with Crippen molar-refractivity contribution in [2.75, 3.05) is 7.11 Å². The van der Waals surface area contributed by atoms with Crippen LogP contribution >= 0.6 is 0 Å². The van der Waals surface area contributed by atoms with Crippen LogP contribution in [0.1, 0.15) is 11.1 Å². The number of carbonyl (C=O) groups is 1. The molecule has 0 saturated carbocycles. The van der Waals surface area contributed by atoms with Crippen LogP contribution in [0.4, 0.5) is 0 Å². The van der Waals surface area contributed by atoms with Crippen molar-refractivity contribution in [3.8, 4) is 11.1 Å². The van der Waals surface area contributed by atoms with Gasteiger partial charge in [-0.15, -0.1) is 0 Å². The van der Waals surface area contributed by atoms with Crippen LogP contribution < -0.4 is 5.63 Å². The van der Waals surface area contributed by atoms with E-state index in [1.807, 2.05) is 49.4 Å². The van der Waals surface area contributed by atoms with Crippen LogP contribution in [0.25, 0.3) is 22.1 Å². The third-order valence-electron chi connectivity index (χ3n) is 3.77. The number of rotatable bonds is 3. The number of methoxy groups -OCH3 is 1. The Kier molecular flexibility index (Phi) is 3.98. The van der Waals surface area contributed by atoms with Gasteiger partial charge in [0.05, 0.1) is 19.1 Å². The molecule has 0 fully saturated rings. The first-order valence-corrected chi connectivity index (χ1v) is 7.28. The fourth-order valence-corrected chi connectivity index (χ4v) is 2.67. The zero-order valence-electron chi connectivity index (χ0n) is 13.0. The predicted molar refractivity (Wildman–Crippen MR) is 88.4 cm³/mol. The largest absolute Gasteiger partial charge is 0.469 e. The molecule has 1 heterocycles. The molecule has 0 N–H and O–H groups in total. The van der Waals surface area contributed by atoms with Crippen molar-refractivity contribution in [3.63, 3.8) is 0 Å². The van der Waals surface area contributed by atoms with Gasteiger partial charge in [0, 0.05) is 10.9 Å². The van der Waals surface area contributed by atoms with Gasteiger partial charge in [-0.3, -0.25) is 4.79 Å². The Morgan fingerprint density at radius 2 is 1.87 bits per heavy atom. The number of esters is 1. The lowest BCUT2D eigenvalue weighted by Gasteiger charge is -2.12. The predicted octanol–water partition coefficient (Wildman–Crippen LogP) is 3.48. The topological polar surface area (TPSA) is 56.5 Å². The number of aryl methyl sites for hydroxylation is 1. The van der Waals surface area contributed by atoms with Crippen molar-refractivity contribution in [1.29, 1.82) is 0 Å². The van der Waals surface area contributed by atoms with Gasteiger partial charge in [0.15, 0.2) is 0 Å². The average molecular weight is 308 g/mol. The molecular formula is C19H16O4. The number of carbonyl (C=O) groups excluding carboxylic acids is 1. The van der Waals surface area contributed by atoms with Crippen LogP contribution in [0, 0.1) is 6.92 Å². The summed E-state index contributed by atoms with van der Waals surface area (Å²) in [5.41, 5.74) is 2.97. The van der Waals surface area contributed by atoms with E-state index in [0.29, 0.717) is 11.1 Å². The molecule has 2 aromatic carbocycles. The second kappa shape index (κ2) is 6.08. The van der Waals surface area contributed by atoms with Crippen molar-refractivity contribution in [1.82, 2.24) is 0 Å².